The smallest absolute Gasteiger partial charge is 0.191 e. The normalized spacial score (nSPS) is 10.9. The zero-order chi connectivity index (χ0) is 13.1. The van der Waals surface area contributed by atoms with Gasteiger partial charge in [0.05, 0.1) is 6.54 Å². The topological polar surface area (TPSA) is 56.7 Å². The minimum absolute atomic E-state index is 0.372. The van der Waals surface area contributed by atoms with Crippen LogP contribution < -0.4 is 5.73 Å². The molecule has 4 nitrogen and oxygen atoms in total. The summed E-state index contributed by atoms with van der Waals surface area (Å²) in [4.78, 5) is 0. The molecule has 96 valence electrons. The van der Waals surface area contributed by atoms with Gasteiger partial charge in [-0.2, -0.15) is 0 Å². The Morgan fingerprint density at radius 2 is 1.94 bits per heavy atom. The Hall–Kier alpha value is -0.750. The number of halogens is 2. The molecule has 2 aromatic rings. The molecule has 2 rings (SSSR count). The van der Waals surface area contributed by atoms with Crippen molar-refractivity contribution < 1.29 is 0 Å². The van der Waals surface area contributed by atoms with Crippen molar-refractivity contribution in [2.75, 3.05) is 0 Å². The molecule has 7 heteroatoms. The summed E-state index contributed by atoms with van der Waals surface area (Å²) in [6, 6.07) is 5.48. The zero-order valence-electron chi connectivity index (χ0n) is 9.73. The summed E-state index contributed by atoms with van der Waals surface area (Å²) in [7, 11) is 1.89. The first kappa shape index (κ1) is 13.7. The summed E-state index contributed by atoms with van der Waals surface area (Å²) < 4.78 is 1.87. The van der Waals surface area contributed by atoms with Gasteiger partial charge in [0, 0.05) is 22.8 Å². The number of aromatic nitrogens is 3. The van der Waals surface area contributed by atoms with Crippen molar-refractivity contribution in [2.24, 2.45) is 12.8 Å². The second kappa shape index (κ2) is 5.93. The SMILES string of the molecule is Cn1c(CN)nnc1SCc1c(Cl)cccc1Cl. The molecule has 0 amide bonds. The summed E-state index contributed by atoms with van der Waals surface area (Å²) in [5, 5.41) is 10.2. The first-order chi connectivity index (χ1) is 8.63. The van der Waals surface area contributed by atoms with Crippen LogP contribution in [0.25, 0.3) is 0 Å². The third-order valence-corrected chi connectivity index (χ3v) is 4.27. The number of benzene rings is 1. The monoisotopic (exact) mass is 302 g/mol. The Kier molecular flexibility index (Phi) is 4.50. The fourth-order valence-corrected chi connectivity index (χ4v) is 3.13. The quantitative estimate of drug-likeness (QED) is 0.882. The van der Waals surface area contributed by atoms with E-state index in [9.17, 15) is 0 Å². The van der Waals surface area contributed by atoms with Crippen LogP contribution in [0, 0.1) is 0 Å². The Labute approximate surface area is 119 Å². The molecule has 0 unspecified atom stereocenters. The Balaban J connectivity index is 2.14. The van der Waals surface area contributed by atoms with E-state index >= 15 is 0 Å². The average molecular weight is 303 g/mol. The van der Waals surface area contributed by atoms with Gasteiger partial charge in [0.15, 0.2) is 5.16 Å². The maximum atomic E-state index is 6.11. The van der Waals surface area contributed by atoms with E-state index in [2.05, 4.69) is 10.2 Å². The maximum absolute atomic E-state index is 6.11. The van der Waals surface area contributed by atoms with Crippen molar-refractivity contribution in [3.63, 3.8) is 0 Å². The van der Waals surface area contributed by atoms with Crippen LogP contribution >= 0.6 is 35.0 Å². The second-order valence-electron chi connectivity index (χ2n) is 3.65. The standard InChI is InChI=1S/C11H12Cl2N4S/c1-17-10(5-14)15-16-11(17)18-6-7-8(12)3-2-4-9(7)13/h2-4H,5-6,14H2,1H3. The molecule has 18 heavy (non-hydrogen) atoms. The highest BCUT2D eigenvalue weighted by atomic mass is 35.5. The predicted molar refractivity (Wildman–Crippen MR) is 74.9 cm³/mol. The van der Waals surface area contributed by atoms with Crippen molar-refractivity contribution in [1.29, 1.82) is 0 Å². The molecule has 2 N–H and O–H groups in total. The summed E-state index contributed by atoms with van der Waals surface area (Å²) in [5.41, 5.74) is 6.45. The Bertz CT molecular complexity index is 536. The lowest BCUT2D eigenvalue weighted by Gasteiger charge is -2.06. The van der Waals surface area contributed by atoms with Crippen LogP contribution in [0.4, 0.5) is 0 Å². The van der Waals surface area contributed by atoms with Gasteiger partial charge in [-0.05, 0) is 17.7 Å². The lowest BCUT2D eigenvalue weighted by Crippen LogP contribution is -2.05. The van der Waals surface area contributed by atoms with Crippen molar-refractivity contribution in [2.45, 2.75) is 17.5 Å². The van der Waals surface area contributed by atoms with Gasteiger partial charge in [0.25, 0.3) is 0 Å². The van der Waals surface area contributed by atoms with Crippen LogP contribution in [0.3, 0.4) is 0 Å². The molecule has 0 spiro atoms. The van der Waals surface area contributed by atoms with E-state index in [-0.39, 0.29) is 0 Å². The molecule has 0 radical (unpaired) electrons. The fraction of sp³-hybridized carbons (Fsp3) is 0.273. The highest BCUT2D eigenvalue weighted by Crippen LogP contribution is 2.30. The number of hydrogen-bond donors (Lipinski definition) is 1. The molecule has 0 saturated heterocycles. The Morgan fingerprint density at radius 1 is 1.28 bits per heavy atom. The van der Waals surface area contributed by atoms with Gasteiger partial charge in [0.1, 0.15) is 5.82 Å². The van der Waals surface area contributed by atoms with Crippen LogP contribution in [0.2, 0.25) is 10.0 Å². The van der Waals surface area contributed by atoms with E-state index in [1.54, 1.807) is 0 Å². The molecule has 0 aliphatic rings. The summed E-state index contributed by atoms with van der Waals surface area (Å²) in [6.07, 6.45) is 0. The van der Waals surface area contributed by atoms with E-state index in [4.69, 9.17) is 28.9 Å². The van der Waals surface area contributed by atoms with Crippen LogP contribution in [0.15, 0.2) is 23.4 Å². The molecule has 0 saturated carbocycles. The Morgan fingerprint density at radius 3 is 2.50 bits per heavy atom. The van der Waals surface area contributed by atoms with Crippen molar-refractivity contribution in [3.8, 4) is 0 Å². The number of nitrogens with zero attached hydrogens (tertiary/aromatic N) is 3. The first-order valence-electron chi connectivity index (χ1n) is 5.27. The van der Waals surface area contributed by atoms with E-state index in [1.807, 2.05) is 29.8 Å². The molecule has 0 bridgehead atoms. The third kappa shape index (κ3) is 2.80. The lowest BCUT2D eigenvalue weighted by molar-refractivity contribution is 0.734. The summed E-state index contributed by atoms with van der Waals surface area (Å²) in [5.74, 6) is 1.40. The molecular formula is C11H12Cl2N4S. The minimum Gasteiger partial charge on any atom is -0.324 e. The van der Waals surface area contributed by atoms with Crippen LogP contribution in [0.1, 0.15) is 11.4 Å². The highest BCUT2D eigenvalue weighted by Gasteiger charge is 2.11. The fourth-order valence-electron chi connectivity index (χ4n) is 1.46. The minimum atomic E-state index is 0.372. The van der Waals surface area contributed by atoms with E-state index < -0.39 is 0 Å². The van der Waals surface area contributed by atoms with Gasteiger partial charge in [0.2, 0.25) is 0 Å². The molecule has 0 aliphatic carbocycles. The van der Waals surface area contributed by atoms with Crippen LogP contribution in [0.5, 0.6) is 0 Å². The number of nitrogens with two attached hydrogens (primary N) is 1. The van der Waals surface area contributed by atoms with Gasteiger partial charge in [-0.3, -0.25) is 0 Å². The molecule has 1 aromatic heterocycles. The highest BCUT2D eigenvalue weighted by molar-refractivity contribution is 7.98. The van der Waals surface area contributed by atoms with Gasteiger partial charge in [-0.1, -0.05) is 41.0 Å². The van der Waals surface area contributed by atoms with Crippen LogP contribution in [-0.4, -0.2) is 14.8 Å². The average Bonchev–Trinajstić information content (AvgIpc) is 2.70. The van der Waals surface area contributed by atoms with Gasteiger partial charge in [-0.15, -0.1) is 10.2 Å². The van der Waals surface area contributed by atoms with Gasteiger partial charge < -0.3 is 10.3 Å². The lowest BCUT2D eigenvalue weighted by atomic mass is 10.2. The first-order valence-corrected chi connectivity index (χ1v) is 7.01. The maximum Gasteiger partial charge on any atom is 0.191 e. The summed E-state index contributed by atoms with van der Waals surface area (Å²) in [6.45, 7) is 0.372. The van der Waals surface area contributed by atoms with E-state index in [1.165, 1.54) is 11.8 Å². The molecular weight excluding hydrogens is 291 g/mol. The van der Waals surface area contributed by atoms with Crippen molar-refractivity contribution >= 4 is 35.0 Å². The van der Waals surface area contributed by atoms with Gasteiger partial charge in [-0.25, -0.2) is 0 Å². The molecule has 0 fully saturated rings. The van der Waals surface area contributed by atoms with E-state index in [0.29, 0.717) is 22.3 Å². The third-order valence-electron chi connectivity index (χ3n) is 2.51. The predicted octanol–water partition coefficient (Wildman–Crippen LogP) is 2.87. The number of thioether (sulfide) groups is 1. The largest absolute Gasteiger partial charge is 0.324 e. The number of rotatable bonds is 4. The summed E-state index contributed by atoms with van der Waals surface area (Å²) >= 11 is 13.7. The zero-order valence-corrected chi connectivity index (χ0v) is 12.1. The molecule has 1 aromatic carbocycles. The second-order valence-corrected chi connectivity index (χ2v) is 5.41. The van der Waals surface area contributed by atoms with Crippen molar-refractivity contribution in [3.05, 3.63) is 39.6 Å². The molecule has 1 heterocycles. The van der Waals surface area contributed by atoms with Crippen molar-refractivity contribution in [1.82, 2.24) is 14.8 Å². The van der Waals surface area contributed by atoms with Gasteiger partial charge >= 0.3 is 0 Å². The van der Waals surface area contributed by atoms with Crippen LogP contribution in [-0.2, 0) is 19.3 Å². The number of hydrogen-bond acceptors (Lipinski definition) is 4. The molecule has 0 aliphatic heterocycles. The van der Waals surface area contributed by atoms with E-state index in [0.717, 1.165) is 16.5 Å². The molecule has 0 atom stereocenters.